The van der Waals surface area contributed by atoms with E-state index in [4.69, 9.17) is 21.8 Å². The molecule has 0 unspecified atom stereocenters. The second-order valence-electron chi connectivity index (χ2n) is 5.74. The Bertz CT molecular complexity index is 949. The Hall–Kier alpha value is -2.21. The van der Waals surface area contributed by atoms with Gasteiger partial charge in [0.25, 0.3) is 0 Å². The van der Waals surface area contributed by atoms with Crippen LogP contribution in [0.5, 0.6) is 0 Å². The van der Waals surface area contributed by atoms with E-state index in [0.29, 0.717) is 35.8 Å². The lowest BCUT2D eigenvalue weighted by atomic mass is 9.87. The van der Waals surface area contributed by atoms with E-state index in [2.05, 4.69) is 5.32 Å². The Morgan fingerprint density at radius 2 is 1.92 bits per heavy atom. The Morgan fingerprint density at radius 3 is 2.71 bits per heavy atom. The van der Waals surface area contributed by atoms with Gasteiger partial charge in [0.2, 0.25) is 0 Å². The molecule has 1 aliphatic carbocycles. The molecule has 0 aliphatic heterocycles. The zero-order chi connectivity index (χ0) is 16.7. The molecular formula is C18H16ClN3O2. The number of ketones is 1. The molecule has 0 bridgehead atoms. The Kier molecular flexibility index (Phi) is 3.84. The second kappa shape index (κ2) is 6.02. The molecular weight excluding hydrogens is 326 g/mol. The van der Waals surface area contributed by atoms with Gasteiger partial charge < -0.3 is 10.4 Å². The summed E-state index contributed by atoms with van der Waals surface area (Å²) in [5.74, 6) is -0.0494. The second-order valence-corrected chi connectivity index (χ2v) is 6.14. The summed E-state index contributed by atoms with van der Waals surface area (Å²) >= 11 is 6.33. The van der Waals surface area contributed by atoms with Crippen LogP contribution in [-0.4, -0.2) is 40.4 Å². The number of nitrogens with one attached hydrogen (secondary N) is 1. The standard InChI is InChI=1S/C18H16ClN3O2/c19-13-5-6-14-16-15(13)18(24)12-4-2-1-3-11(12)17(16)21-22(14)9-7-20-8-10-23/h1-6,20,23H,7-10H2. The van der Waals surface area contributed by atoms with Gasteiger partial charge in [0, 0.05) is 29.6 Å². The maximum atomic E-state index is 12.9. The highest BCUT2D eigenvalue weighted by atomic mass is 35.5. The molecule has 5 nitrogen and oxygen atoms in total. The number of aromatic nitrogens is 2. The fraction of sp³-hybridized carbons (Fsp3) is 0.222. The minimum absolute atomic E-state index is 0.0494. The summed E-state index contributed by atoms with van der Waals surface area (Å²) < 4.78 is 1.89. The minimum atomic E-state index is -0.0494. The van der Waals surface area contributed by atoms with Gasteiger partial charge in [-0.2, -0.15) is 5.10 Å². The van der Waals surface area contributed by atoms with Crippen LogP contribution in [0.2, 0.25) is 5.02 Å². The van der Waals surface area contributed by atoms with Crippen LogP contribution in [0.15, 0.2) is 36.4 Å². The number of carbonyl (C=O) groups is 1. The number of hydrogen-bond acceptors (Lipinski definition) is 4. The van der Waals surface area contributed by atoms with Gasteiger partial charge in [0.15, 0.2) is 5.78 Å². The third kappa shape index (κ3) is 2.24. The van der Waals surface area contributed by atoms with Crippen LogP contribution in [0, 0.1) is 0 Å². The summed E-state index contributed by atoms with van der Waals surface area (Å²) in [6, 6.07) is 11.2. The van der Waals surface area contributed by atoms with Crippen LogP contribution in [0.3, 0.4) is 0 Å². The number of nitrogens with zero attached hydrogens (tertiary/aromatic N) is 2. The average Bonchev–Trinajstić information content (AvgIpc) is 2.97. The first-order chi connectivity index (χ1) is 11.7. The molecule has 2 aromatic carbocycles. The molecule has 0 radical (unpaired) electrons. The van der Waals surface area contributed by atoms with Gasteiger partial charge in [-0.25, -0.2) is 0 Å². The molecule has 6 heteroatoms. The van der Waals surface area contributed by atoms with E-state index in [-0.39, 0.29) is 12.4 Å². The molecule has 4 rings (SSSR count). The molecule has 0 amide bonds. The van der Waals surface area contributed by atoms with Crippen molar-refractivity contribution in [2.45, 2.75) is 6.54 Å². The third-order valence-corrected chi connectivity index (χ3v) is 4.63. The summed E-state index contributed by atoms with van der Waals surface area (Å²) in [7, 11) is 0. The molecule has 0 atom stereocenters. The molecule has 0 saturated carbocycles. The number of hydrogen-bond donors (Lipinski definition) is 2. The first-order valence-electron chi connectivity index (χ1n) is 7.87. The van der Waals surface area contributed by atoms with Crippen LogP contribution in [0.1, 0.15) is 15.9 Å². The molecule has 3 aromatic rings. The lowest BCUT2D eigenvalue weighted by Gasteiger charge is -2.15. The van der Waals surface area contributed by atoms with Gasteiger partial charge in [-0.15, -0.1) is 0 Å². The molecule has 0 spiro atoms. The smallest absolute Gasteiger partial charge is 0.195 e. The van der Waals surface area contributed by atoms with Crippen molar-refractivity contribution < 1.29 is 9.90 Å². The molecule has 0 saturated heterocycles. The van der Waals surface area contributed by atoms with Crippen molar-refractivity contribution in [3.63, 3.8) is 0 Å². The molecule has 2 N–H and O–H groups in total. The fourth-order valence-electron chi connectivity index (χ4n) is 3.24. The quantitative estimate of drug-likeness (QED) is 0.547. The number of halogens is 1. The Balaban J connectivity index is 1.89. The predicted octanol–water partition coefficient (Wildman–Crippen LogP) is 2.48. The normalized spacial score (nSPS) is 12.7. The van der Waals surface area contributed by atoms with E-state index in [1.165, 1.54) is 0 Å². The Labute approximate surface area is 143 Å². The largest absolute Gasteiger partial charge is 0.395 e. The van der Waals surface area contributed by atoms with Crippen LogP contribution in [0.4, 0.5) is 0 Å². The zero-order valence-corrected chi connectivity index (χ0v) is 13.7. The van der Waals surface area contributed by atoms with Crippen LogP contribution in [-0.2, 0) is 6.54 Å². The first kappa shape index (κ1) is 15.3. The van der Waals surface area contributed by atoms with Crippen LogP contribution < -0.4 is 5.32 Å². The van der Waals surface area contributed by atoms with Gasteiger partial charge in [0.1, 0.15) is 5.69 Å². The van der Waals surface area contributed by atoms with Gasteiger partial charge in [-0.3, -0.25) is 9.48 Å². The van der Waals surface area contributed by atoms with E-state index in [1.807, 2.05) is 35.0 Å². The predicted molar refractivity (Wildman–Crippen MR) is 93.6 cm³/mol. The number of rotatable bonds is 5. The third-order valence-electron chi connectivity index (χ3n) is 4.31. The SMILES string of the molecule is O=C1c2ccccc2-c2nn(CCNCCO)c3ccc(Cl)c1c23. The zero-order valence-electron chi connectivity index (χ0n) is 12.9. The molecule has 0 fully saturated rings. The first-order valence-corrected chi connectivity index (χ1v) is 8.25. The van der Waals surface area contributed by atoms with Gasteiger partial charge in [0.05, 0.1) is 29.3 Å². The van der Waals surface area contributed by atoms with Crippen molar-refractivity contribution in [1.29, 1.82) is 0 Å². The van der Waals surface area contributed by atoms with Crippen LogP contribution in [0.25, 0.3) is 22.2 Å². The van der Waals surface area contributed by atoms with E-state index in [0.717, 1.165) is 22.2 Å². The summed E-state index contributed by atoms with van der Waals surface area (Å²) in [5.41, 5.74) is 3.74. The highest BCUT2D eigenvalue weighted by Crippen LogP contribution is 2.41. The minimum Gasteiger partial charge on any atom is -0.395 e. The van der Waals surface area contributed by atoms with Gasteiger partial charge in [-0.1, -0.05) is 35.9 Å². The van der Waals surface area contributed by atoms with E-state index in [9.17, 15) is 4.79 Å². The van der Waals surface area contributed by atoms with Crippen molar-refractivity contribution in [2.75, 3.05) is 19.7 Å². The van der Waals surface area contributed by atoms with E-state index >= 15 is 0 Å². The number of aliphatic hydroxyl groups is 1. The topological polar surface area (TPSA) is 67.2 Å². The van der Waals surface area contributed by atoms with E-state index in [1.54, 1.807) is 6.07 Å². The highest BCUT2D eigenvalue weighted by Gasteiger charge is 2.30. The summed E-state index contributed by atoms with van der Waals surface area (Å²) in [4.78, 5) is 12.9. The van der Waals surface area contributed by atoms with Gasteiger partial charge in [-0.05, 0) is 12.1 Å². The maximum absolute atomic E-state index is 12.9. The molecule has 122 valence electrons. The summed E-state index contributed by atoms with van der Waals surface area (Å²) in [5, 5.41) is 18.0. The van der Waals surface area contributed by atoms with Crippen molar-refractivity contribution >= 4 is 28.3 Å². The monoisotopic (exact) mass is 341 g/mol. The van der Waals surface area contributed by atoms with Gasteiger partial charge >= 0.3 is 0 Å². The lowest BCUT2D eigenvalue weighted by Crippen LogP contribution is -2.23. The molecule has 24 heavy (non-hydrogen) atoms. The summed E-state index contributed by atoms with van der Waals surface area (Å²) in [6.07, 6.45) is 0. The fourth-order valence-corrected chi connectivity index (χ4v) is 3.48. The Morgan fingerprint density at radius 1 is 1.12 bits per heavy atom. The molecule has 1 aromatic heterocycles. The number of benzene rings is 2. The number of carbonyl (C=O) groups excluding carboxylic acids is 1. The van der Waals surface area contributed by atoms with Crippen molar-refractivity contribution in [1.82, 2.24) is 15.1 Å². The van der Waals surface area contributed by atoms with Crippen LogP contribution >= 0.6 is 11.6 Å². The van der Waals surface area contributed by atoms with E-state index < -0.39 is 0 Å². The lowest BCUT2D eigenvalue weighted by molar-refractivity contribution is 0.104. The summed E-state index contributed by atoms with van der Waals surface area (Å²) in [6.45, 7) is 1.98. The van der Waals surface area contributed by atoms with Crippen molar-refractivity contribution in [3.8, 4) is 11.3 Å². The molecule has 1 heterocycles. The van der Waals surface area contributed by atoms with Crippen molar-refractivity contribution in [2.24, 2.45) is 0 Å². The highest BCUT2D eigenvalue weighted by molar-refractivity contribution is 6.39. The molecule has 1 aliphatic rings. The number of aliphatic hydroxyl groups excluding tert-OH is 1. The van der Waals surface area contributed by atoms with Crippen molar-refractivity contribution in [3.05, 3.63) is 52.5 Å². The maximum Gasteiger partial charge on any atom is 0.195 e. The number of fused-ring (bicyclic) bond motifs is 2. The average molecular weight is 342 g/mol.